The molecular weight excluding hydrogens is 404 g/mol. The first-order chi connectivity index (χ1) is 15.1. The van der Waals surface area contributed by atoms with Gasteiger partial charge in [0.1, 0.15) is 5.82 Å². The van der Waals surface area contributed by atoms with E-state index in [9.17, 15) is 0 Å². The normalized spacial score (nSPS) is 23.7. The number of nitrogens with zero attached hydrogens (tertiary/aromatic N) is 4. The SMILES string of the molecule is CN=C(NCC1CCCN(C)C1c1cccs1)NC1CCN(c2ccc(C)cn2)CC1. The minimum Gasteiger partial charge on any atom is -0.356 e. The zero-order chi connectivity index (χ0) is 21.6. The molecule has 2 unspecified atom stereocenters. The Morgan fingerprint density at radius 2 is 2.03 bits per heavy atom. The Bertz CT molecular complexity index is 826. The maximum Gasteiger partial charge on any atom is 0.191 e. The van der Waals surface area contributed by atoms with Crippen molar-refractivity contribution in [1.29, 1.82) is 0 Å². The predicted molar refractivity (Wildman–Crippen MR) is 131 cm³/mol. The van der Waals surface area contributed by atoms with Crippen LogP contribution in [0.2, 0.25) is 0 Å². The second-order valence-corrected chi connectivity index (χ2v) is 9.87. The van der Waals surface area contributed by atoms with E-state index in [2.05, 4.69) is 74.0 Å². The highest BCUT2D eigenvalue weighted by atomic mass is 32.1. The van der Waals surface area contributed by atoms with Crippen LogP contribution in [0.25, 0.3) is 0 Å². The minimum absolute atomic E-state index is 0.454. The Balaban J connectivity index is 1.27. The van der Waals surface area contributed by atoms with Crippen molar-refractivity contribution in [3.8, 4) is 0 Å². The molecule has 2 fully saturated rings. The third kappa shape index (κ3) is 5.57. The maximum atomic E-state index is 4.59. The number of pyridine rings is 1. The van der Waals surface area contributed by atoms with Gasteiger partial charge in [-0.2, -0.15) is 0 Å². The number of thiophene rings is 1. The first-order valence-corrected chi connectivity index (χ1v) is 12.4. The lowest BCUT2D eigenvalue weighted by Crippen LogP contribution is -2.50. The lowest BCUT2D eigenvalue weighted by Gasteiger charge is -2.39. The molecule has 168 valence electrons. The molecule has 4 rings (SSSR count). The molecule has 0 aromatic carbocycles. The van der Waals surface area contributed by atoms with Gasteiger partial charge in [-0.05, 0) is 75.2 Å². The molecule has 0 amide bonds. The van der Waals surface area contributed by atoms with E-state index in [0.717, 1.165) is 44.3 Å². The molecule has 2 aromatic heterocycles. The molecule has 31 heavy (non-hydrogen) atoms. The van der Waals surface area contributed by atoms with Crippen molar-refractivity contribution in [3.63, 3.8) is 0 Å². The average Bonchev–Trinajstić information content (AvgIpc) is 3.32. The van der Waals surface area contributed by atoms with E-state index in [-0.39, 0.29) is 0 Å². The number of piperidine rings is 2. The molecule has 6 nitrogen and oxygen atoms in total. The summed E-state index contributed by atoms with van der Waals surface area (Å²) in [5, 5.41) is 9.50. The van der Waals surface area contributed by atoms with Gasteiger partial charge in [0.25, 0.3) is 0 Å². The molecule has 2 N–H and O–H groups in total. The molecule has 0 aliphatic carbocycles. The van der Waals surface area contributed by atoms with Gasteiger partial charge < -0.3 is 15.5 Å². The Labute approximate surface area is 190 Å². The van der Waals surface area contributed by atoms with E-state index >= 15 is 0 Å². The largest absolute Gasteiger partial charge is 0.356 e. The van der Waals surface area contributed by atoms with Gasteiger partial charge in [-0.3, -0.25) is 9.89 Å². The molecule has 2 saturated heterocycles. The Hall–Kier alpha value is -2.12. The molecule has 2 aliphatic heterocycles. The summed E-state index contributed by atoms with van der Waals surface area (Å²) in [5.41, 5.74) is 1.21. The number of likely N-dealkylation sites (tertiary alicyclic amines) is 1. The van der Waals surface area contributed by atoms with Gasteiger partial charge in [0, 0.05) is 49.8 Å². The Morgan fingerprint density at radius 3 is 2.71 bits per heavy atom. The van der Waals surface area contributed by atoms with Crippen LogP contribution in [0.5, 0.6) is 0 Å². The van der Waals surface area contributed by atoms with E-state index in [1.807, 2.05) is 24.6 Å². The Morgan fingerprint density at radius 1 is 1.19 bits per heavy atom. The first-order valence-electron chi connectivity index (χ1n) is 11.5. The third-order valence-corrected chi connectivity index (χ3v) is 7.60. The summed E-state index contributed by atoms with van der Waals surface area (Å²) in [5.74, 6) is 2.63. The summed E-state index contributed by atoms with van der Waals surface area (Å²) in [4.78, 5) is 15.5. The molecule has 7 heteroatoms. The predicted octanol–water partition coefficient (Wildman–Crippen LogP) is 3.67. The fourth-order valence-corrected chi connectivity index (χ4v) is 5.88. The number of anilines is 1. The van der Waals surface area contributed by atoms with Crippen molar-refractivity contribution in [2.45, 2.75) is 44.7 Å². The smallest absolute Gasteiger partial charge is 0.191 e. The molecule has 0 spiro atoms. The van der Waals surface area contributed by atoms with Gasteiger partial charge in [0.15, 0.2) is 5.96 Å². The second kappa shape index (κ2) is 10.5. The van der Waals surface area contributed by atoms with Crippen LogP contribution in [-0.2, 0) is 0 Å². The second-order valence-electron chi connectivity index (χ2n) is 8.90. The van der Waals surface area contributed by atoms with Crippen molar-refractivity contribution >= 4 is 23.1 Å². The van der Waals surface area contributed by atoms with Crippen molar-refractivity contribution < 1.29 is 0 Å². The van der Waals surface area contributed by atoms with Crippen LogP contribution in [0.1, 0.15) is 42.2 Å². The van der Waals surface area contributed by atoms with E-state index in [1.54, 1.807) is 0 Å². The van der Waals surface area contributed by atoms with Gasteiger partial charge in [0.05, 0.1) is 0 Å². The molecular formula is C24H36N6S. The summed E-state index contributed by atoms with van der Waals surface area (Å²) in [6.45, 7) is 6.27. The number of nitrogens with one attached hydrogen (secondary N) is 2. The number of hydrogen-bond donors (Lipinski definition) is 2. The van der Waals surface area contributed by atoms with E-state index < -0.39 is 0 Å². The van der Waals surface area contributed by atoms with Crippen molar-refractivity contribution in [1.82, 2.24) is 20.5 Å². The highest BCUT2D eigenvalue weighted by Crippen LogP contribution is 2.36. The van der Waals surface area contributed by atoms with Crippen molar-refractivity contribution in [2.75, 3.05) is 45.2 Å². The lowest BCUT2D eigenvalue weighted by molar-refractivity contribution is 0.125. The molecule has 0 saturated carbocycles. The number of aliphatic imine (C=N–C) groups is 1. The summed E-state index contributed by atoms with van der Waals surface area (Å²) in [6.07, 6.45) is 6.68. The summed E-state index contributed by atoms with van der Waals surface area (Å²) >= 11 is 1.88. The third-order valence-electron chi connectivity index (χ3n) is 6.65. The topological polar surface area (TPSA) is 55.8 Å². The number of guanidine groups is 1. The van der Waals surface area contributed by atoms with Gasteiger partial charge in [-0.15, -0.1) is 11.3 Å². The average molecular weight is 441 g/mol. The van der Waals surface area contributed by atoms with Crippen molar-refractivity contribution in [3.05, 3.63) is 46.3 Å². The van der Waals surface area contributed by atoms with E-state index in [0.29, 0.717) is 18.0 Å². The van der Waals surface area contributed by atoms with Crippen LogP contribution in [0.15, 0.2) is 40.8 Å². The summed E-state index contributed by atoms with van der Waals surface area (Å²) < 4.78 is 0. The molecule has 0 bridgehead atoms. The fraction of sp³-hybridized carbons (Fsp3) is 0.583. The molecule has 2 aromatic rings. The molecule has 4 heterocycles. The highest BCUT2D eigenvalue weighted by molar-refractivity contribution is 7.10. The van der Waals surface area contributed by atoms with Gasteiger partial charge in [-0.25, -0.2) is 4.98 Å². The maximum absolute atomic E-state index is 4.59. The van der Waals surface area contributed by atoms with Crippen LogP contribution < -0.4 is 15.5 Å². The zero-order valence-electron chi connectivity index (χ0n) is 19.1. The van der Waals surface area contributed by atoms with Crippen LogP contribution in [-0.4, -0.2) is 62.2 Å². The van der Waals surface area contributed by atoms with Crippen molar-refractivity contribution in [2.24, 2.45) is 10.9 Å². The van der Waals surface area contributed by atoms with E-state index in [4.69, 9.17) is 0 Å². The number of rotatable bonds is 5. The van der Waals surface area contributed by atoms with Crippen LogP contribution >= 0.6 is 11.3 Å². The quantitative estimate of drug-likeness (QED) is 0.549. The minimum atomic E-state index is 0.454. The number of aryl methyl sites for hydroxylation is 1. The Kier molecular flexibility index (Phi) is 7.45. The molecule has 2 aliphatic rings. The number of aromatic nitrogens is 1. The standard InChI is InChI=1S/C24H36N6S/c1-18-8-9-22(26-16-18)30-13-10-20(11-14-30)28-24(25-2)27-17-19-6-4-12-29(3)23(19)21-7-5-15-31-21/h5,7-9,15-16,19-20,23H,4,6,10-14,17H2,1-3H3,(H2,25,27,28). The zero-order valence-corrected chi connectivity index (χ0v) is 19.9. The van der Waals surface area contributed by atoms with Crippen LogP contribution in [0, 0.1) is 12.8 Å². The van der Waals surface area contributed by atoms with Crippen LogP contribution in [0.4, 0.5) is 5.82 Å². The van der Waals surface area contributed by atoms with Crippen LogP contribution in [0.3, 0.4) is 0 Å². The molecule has 0 radical (unpaired) electrons. The van der Waals surface area contributed by atoms with Gasteiger partial charge in [-0.1, -0.05) is 12.1 Å². The molecule has 2 atom stereocenters. The number of hydrogen-bond acceptors (Lipinski definition) is 5. The highest BCUT2D eigenvalue weighted by Gasteiger charge is 2.31. The van der Waals surface area contributed by atoms with Gasteiger partial charge >= 0.3 is 0 Å². The van der Waals surface area contributed by atoms with E-state index in [1.165, 1.54) is 29.8 Å². The monoisotopic (exact) mass is 440 g/mol. The fourth-order valence-electron chi connectivity index (χ4n) is 4.90. The summed E-state index contributed by atoms with van der Waals surface area (Å²) in [6, 6.07) is 9.69. The van der Waals surface area contributed by atoms with Gasteiger partial charge in [0.2, 0.25) is 0 Å². The lowest BCUT2D eigenvalue weighted by atomic mass is 9.88. The summed E-state index contributed by atoms with van der Waals surface area (Å²) in [7, 11) is 4.14. The first kappa shape index (κ1) is 22.1.